The van der Waals surface area contributed by atoms with Crippen molar-refractivity contribution in [3.8, 4) is 0 Å². The molecule has 0 saturated carbocycles. The normalized spacial score (nSPS) is 16.6. The third-order valence-corrected chi connectivity index (χ3v) is 13.9. The number of aromatic nitrogens is 3. The molecule has 262 valence electrons. The van der Waals surface area contributed by atoms with E-state index < -0.39 is 26.1 Å². The van der Waals surface area contributed by atoms with Crippen molar-refractivity contribution in [3.05, 3.63) is 83.0 Å². The number of halogens is 2. The quantitative estimate of drug-likeness (QED) is 0.119. The van der Waals surface area contributed by atoms with E-state index in [0.29, 0.717) is 43.8 Å². The van der Waals surface area contributed by atoms with Gasteiger partial charge in [0.2, 0.25) is 0 Å². The van der Waals surface area contributed by atoms with Crippen molar-refractivity contribution in [2.45, 2.75) is 70.6 Å². The van der Waals surface area contributed by atoms with Crippen LogP contribution in [0.1, 0.15) is 43.2 Å². The molecule has 1 fully saturated rings. The van der Waals surface area contributed by atoms with Crippen LogP contribution in [0.4, 0.5) is 20.6 Å². The second kappa shape index (κ2) is 15.2. The van der Waals surface area contributed by atoms with Crippen molar-refractivity contribution in [3.63, 3.8) is 0 Å². The first-order valence-electron chi connectivity index (χ1n) is 16.3. The molecule has 11 nitrogen and oxygen atoms in total. The Bertz CT molecular complexity index is 1780. The van der Waals surface area contributed by atoms with Crippen LogP contribution in [-0.4, -0.2) is 74.0 Å². The molecule has 1 saturated heterocycles. The topological polar surface area (TPSA) is 120 Å². The second-order valence-corrected chi connectivity index (χ2v) is 18.9. The van der Waals surface area contributed by atoms with Crippen LogP contribution in [0.5, 0.6) is 0 Å². The Morgan fingerprint density at radius 1 is 1.12 bits per heavy atom. The van der Waals surface area contributed by atoms with E-state index in [9.17, 15) is 9.59 Å². The van der Waals surface area contributed by atoms with Crippen LogP contribution in [0.3, 0.4) is 0 Å². The summed E-state index contributed by atoms with van der Waals surface area (Å²) in [5.74, 6) is -1.11. The van der Waals surface area contributed by atoms with Crippen LogP contribution in [0.15, 0.2) is 60.8 Å². The van der Waals surface area contributed by atoms with E-state index in [1.54, 1.807) is 30.1 Å². The van der Waals surface area contributed by atoms with Gasteiger partial charge >= 0.3 is 6.09 Å². The number of fused-ring (bicyclic) bond motifs is 1. The lowest BCUT2D eigenvalue weighted by Crippen LogP contribution is -2.45. The number of carbonyl (C=O) groups is 2. The van der Waals surface area contributed by atoms with Gasteiger partial charge in [-0.15, -0.1) is 0 Å². The average molecular weight is 711 g/mol. The Morgan fingerprint density at radius 3 is 2.57 bits per heavy atom. The lowest BCUT2D eigenvalue weighted by Gasteiger charge is -2.38. The van der Waals surface area contributed by atoms with Gasteiger partial charge in [-0.3, -0.25) is 9.48 Å². The van der Waals surface area contributed by atoms with Crippen LogP contribution < -0.4 is 15.5 Å². The number of pyridine rings is 1. The second-order valence-electron chi connectivity index (χ2n) is 13.7. The maximum Gasteiger partial charge on any atom is 0.407 e. The molecule has 2 atom stereocenters. The molecule has 0 bridgehead atoms. The molecule has 5 rings (SSSR count). The molecule has 14 heteroatoms. The van der Waals surface area contributed by atoms with E-state index in [4.69, 9.17) is 25.5 Å². The molecule has 2 amide bonds. The summed E-state index contributed by atoms with van der Waals surface area (Å²) >= 11 is 6.08. The SMILES string of the molecule is COCCn1ncc2c(N3C[C@@H](NC(=O)OCc4ccccc4)C[C@H]3CO[Si](C)(C)C(C)(C)C)c(NC(=O)c3cccc(Cl)n3)cc(F)c21. The van der Waals surface area contributed by atoms with E-state index in [-0.39, 0.29) is 45.8 Å². The molecule has 0 spiro atoms. The van der Waals surface area contributed by atoms with Crippen LogP contribution in [0, 0.1) is 5.82 Å². The number of carbonyl (C=O) groups excluding carboxylic acids is 2. The summed E-state index contributed by atoms with van der Waals surface area (Å²) in [5, 5.41) is 11.0. The predicted molar refractivity (Wildman–Crippen MR) is 191 cm³/mol. The largest absolute Gasteiger partial charge is 0.445 e. The molecule has 2 aromatic carbocycles. The number of rotatable bonds is 12. The summed E-state index contributed by atoms with van der Waals surface area (Å²) in [4.78, 5) is 32.7. The van der Waals surface area contributed by atoms with Gasteiger partial charge < -0.3 is 29.4 Å². The molecule has 1 aliphatic heterocycles. The summed E-state index contributed by atoms with van der Waals surface area (Å²) in [7, 11) is -0.620. The molecule has 3 heterocycles. The van der Waals surface area contributed by atoms with Crippen LogP contribution in [0.25, 0.3) is 10.9 Å². The molecule has 2 N–H and O–H groups in total. The molecule has 4 aromatic rings. The number of hydrogen-bond acceptors (Lipinski definition) is 8. The summed E-state index contributed by atoms with van der Waals surface area (Å²) < 4.78 is 35.0. The number of alkyl carbamates (subject to hydrolysis) is 1. The Morgan fingerprint density at radius 2 is 1.88 bits per heavy atom. The number of benzene rings is 2. The van der Waals surface area contributed by atoms with E-state index in [1.807, 2.05) is 30.3 Å². The minimum Gasteiger partial charge on any atom is -0.445 e. The van der Waals surface area contributed by atoms with E-state index in [0.717, 1.165) is 5.56 Å². The van der Waals surface area contributed by atoms with E-state index in [1.165, 1.54) is 12.1 Å². The molecule has 0 radical (unpaired) electrons. The van der Waals surface area contributed by atoms with Crippen molar-refractivity contribution >= 4 is 54.2 Å². The first-order valence-corrected chi connectivity index (χ1v) is 19.5. The summed E-state index contributed by atoms with van der Waals surface area (Å²) in [6.07, 6.45) is 1.57. The maximum atomic E-state index is 16.0. The maximum absolute atomic E-state index is 16.0. The Hall–Kier alpha value is -4.04. The highest BCUT2D eigenvalue weighted by Gasteiger charge is 2.41. The minimum absolute atomic E-state index is 0.0376. The standard InChI is InChI=1S/C35H44ClFN6O5Si/c1-35(2,3)49(5,6)48-22-25-17-24(39-34(45)47-21-23-11-8-7-9-12-23)20-42(25)32-26-19-38-43(15-16-46-4)31(26)27(37)18-29(32)41-33(44)28-13-10-14-30(36)40-28/h7-14,18-19,24-25H,15-17,20-22H2,1-6H3,(H,39,45)(H,41,44)/t24-,25-/m0/s1. The van der Waals surface area contributed by atoms with Gasteiger partial charge in [0.15, 0.2) is 14.1 Å². The predicted octanol–water partition coefficient (Wildman–Crippen LogP) is 7.02. The van der Waals surface area contributed by atoms with Gasteiger partial charge in [0, 0.05) is 25.1 Å². The molecule has 1 aliphatic rings. The fourth-order valence-corrected chi connectivity index (χ4v) is 6.80. The first-order chi connectivity index (χ1) is 23.3. The number of nitrogens with zero attached hydrogens (tertiary/aromatic N) is 4. The zero-order chi connectivity index (χ0) is 35.3. The van der Waals surface area contributed by atoms with Crippen molar-refractivity contribution in [1.82, 2.24) is 20.1 Å². The number of nitrogens with one attached hydrogen (secondary N) is 2. The number of ether oxygens (including phenoxy) is 2. The zero-order valence-corrected chi connectivity index (χ0v) is 30.5. The van der Waals surface area contributed by atoms with Crippen LogP contribution in [-0.2, 0) is 27.1 Å². The third kappa shape index (κ3) is 8.58. The third-order valence-electron chi connectivity index (χ3n) is 9.23. The number of amides is 2. The van der Waals surface area contributed by atoms with Crippen molar-refractivity contribution in [2.24, 2.45) is 0 Å². The number of methoxy groups -OCH3 is 1. The van der Waals surface area contributed by atoms with E-state index >= 15 is 4.39 Å². The number of anilines is 2. The monoisotopic (exact) mass is 710 g/mol. The van der Waals surface area contributed by atoms with Gasteiger partial charge in [0.05, 0.1) is 49.4 Å². The lowest BCUT2D eigenvalue weighted by atomic mass is 10.1. The molecule has 2 aromatic heterocycles. The summed E-state index contributed by atoms with van der Waals surface area (Å²) in [6.45, 7) is 12.4. The van der Waals surface area contributed by atoms with Gasteiger partial charge in [0.25, 0.3) is 5.91 Å². The zero-order valence-electron chi connectivity index (χ0n) is 28.8. The van der Waals surface area contributed by atoms with Crippen molar-refractivity contribution in [1.29, 1.82) is 0 Å². The fourth-order valence-electron chi connectivity index (χ4n) is 5.60. The van der Waals surface area contributed by atoms with Gasteiger partial charge in [-0.1, -0.05) is 68.8 Å². The van der Waals surface area contributed by atoms with Crippen LogP contribution >= 0.6 is 11.6 Å². The molecular formula is C35H44ClFN6O5Si. The molecule has 0 aliphatic carbocycles. The Labute approximate surface area is 292 Å². The minimum atomic E-state index is -2.19. The smallest absolute Gasteiger partial charge is 0.407 e. The molecule has 49 heavy (non-hydrogen) atoms. The average Bonchev–Trinajstić information content (AvgIpc) is 3.66. The van der Waals surface area contributed by atoms with E-state index in [2.05, 4.69) is 59.5 Å². The highest BCUT2D eigenvalue weighted by molar-refractivity contribution is 6.74. The highest BCUT2D eigenvalue weighted by Crippen LogP contribution is 2.42. The van der Waals surface area contributed by atoms with Gasteiger partial charge in [0.1, 0.15) is 23.0 Å². The summed E-state index contributed by atoms with van der Waals surface area (Å²) in [5.41, 5.74) is 2.01. The van der Waals surface area contributed by atoms with Gasteiger partial charge in [-0.2, -0.15) is 5.10 Å². The lowest BCUT2D eigenvalue weighted by molar-refractivity contribution is 0.102. The first kappa shape index (κ1) is 36.2. The fraction of sp³-hybridized carbons (Fsp3) is 0.429. The number of hydrogen-bond donors (Lipinski definition) is 2. The Kier molecular flexibility index (Phi) is 11.3. The van der Waals surface area contributed by atoms with Gasteiger partial charge in [-0.25, -0.2) is 14.2 Å². The highest BCUT2D eigenvalue weighted by atomic mass is 35.5. The Balaban J connectivity index is 1.52. The molecule has 0 unspecified atom stereocenters. The molecular weight excluding hydrogens is 667 g/mol. The van der Waals surface area contributed by atoms with Crippen molar-refractivity contribution in [2.75, 3.05) is 37.1 Å². The van der Waals surface area contributed by atoms with Crippen LogP contribution in [0.2, 0.25) is 23.3 Å². The summed E-state index contributed by atoms with van der Waals surface area (Å²) in [6, 6.07) is 14.9. The van der Waals surface area contributed by atoms with Crippen molar-refractivity contribution < 1.29 is 27.9 Å². The van der Waals surface area contributed by atoms with Gasteiger partial charge in [-0.05, 0) is 42.2 Å².